The van der Waals surface area contributed by atoms with Crippen molar-refractivity contribution in [2.75, 3.05) is 26.7 Å². The number of rotatable bonds is 4. The van der Waals surface area contributed by atoms with Crippen LogP contribution in [0, 0.1) is 0 Å². The maximum atomic E-state index is 13.1. The van der Waals surface area contributed by atoms with E-state index in [2.05, 4.69) is 24.2 Å². The summed E-state index contributed by atoms with van der Waals surface area (Å²) in [5.41, 5.74) is 0.430. The highest BCUT2D eigenvalue weighted by molar-refractivity contribution is 6.00. The maximum Gasteiger partial charge on any atom is 0.246 e. The van der Waals surface area contributed by atoms with Crippen molar-refractivity contribution >= 4 is 11.8 Å². The fraction of sp³-hybridized carbons (Fsp3) is 0.579. The van der Waals surface area contributed by atoms with E-state index in [9.17, 15) is 9.59 Å². The largest absolute Gasteiger partial charge is 0.342 e. The number of nitrogens with zero attached hydrogens (tertiary/aromatic N) is 2. The average Bonchev–Trinajstić information content (AvgIpc) is 2.59. The summed E-state index contributed by atoms with van der Waals surface area (Å²) in [4.78, 5) is 30.2. The number of hydrogen-bond donors (Lipinski definition) is 1. The molecule has 3 rings (SSSR count). The van der Waals surface area contributed by atoms with Crippen LogP contribution in [0.2, 0.25) is 0 Å². The van der Waals surface area contributed by atoms with E-state index < -0.39 is 11.6 Å². The van der Waals surface area contributed by atoms with Gasteiger partial charge >= 0.3 is 0 Å². The van der Waals surface area contributed by atoms with Crippen LogP contribution < -0.4 is 5.32 Å². The number of nitrogens with one attached hydrogen (secondary N) is 1. The van der Waals surface area contributed by atoms with Crippen LogP contribution in [0.15, 0.2) is 30.3 Å². The third-order valence-corrected chi connectivity index (χ3v) is 5.35. The summed E-state index contributed by atoms with van der Waals surface area (Å²) in [6.45, 7) is 4.42. The standard InChI is InChI=1S/C19H27N3O2/c1-3-11-22-17(23)16(14-15-7-5-4-6-8-15)20-18(24)19(22)9-12-21(2)13-10-19/h4-8,16H,3,9-14H2,1-2H3,(H,20,24). The van der Waals surface area contributed by atoms with Crippen molar-refractivity contribution in [3.05, 3.63) is 35.9 Å². The Bertz CT molecular complexity index is 594. The van der Waals surface area contributed by atoms with Crippen LogP contribution in [0.5, 0.6) is 0 Å². The number of carbonyl (C=O) groups is 2. The van der Waals surface area contributed by atoms with E-state index in [1.165, 1.54) is 0 Å². The molecule has 0 aromatic heterocycles. The van der Waals surface area contributed by atoms with Gasteiger partial charge in [0, 0.05) is 26.1 Å². The summed E-state index contributed by atoms with van der Waals surface area (Å²) >= 11 is 0. The lowest BCUT2D eigenvalue weighted by Gasteiger charge is -2.51. The summed E-state index contributed by atoms with van der Waals surface area (Å²) in [7, 11) is 2.07. The molecule has 1 atom stereocenters. The first kappa shape index (κ1) is 17.0. The lowest BCUT2D eigenvalue weighted by molar-refractivity contribution is -0.161. The van der Waals surface area contributed by atoms with Crippen molar-refractivity contribution in [3.8, 4) is 0 Å². The fourth-order valence-corrected chi connectivity index (χ4v) is 3.90. The number of amides is 2. The van der Waals surface area contributed by atoms with Crippen LogP contribution in [0.4, 0.5) is 0 Å². The van der Waals surface area contributed by atoms with Crippen LogP contribution in [0.25, 0.3) is 0 Å². The molecule has 0 radical (unpaired) electrons. The summed E-state index contributed by atoms with van der Waals surface area (Å²) in [6.07, 6.45) is 2.87. The van der Waals surface area contributed by atoms with Gasteiger partial charge in [0.05, 0.1) is 0 Å². The van der Waals surface area contributed by atoms with Gasteiger partial charge in [-0.1, -0.05) is 37.3 Å². The Kier molecular flexibility index (Phi) is 4.90. The fourth-order valence-electron chi connectivity index (χ4n) is 3.90. The second kappa shape index (κ2) is 6.93. The predicted molar refractivity (Wildman–Crippen MR) is 93.5 cm³/mol. The molecule has 2 aliphatic rings. The van der Waals surface area contributed by atoms with Crippen LogP contribution in [0.3, 0.4) is 0 Å². The van der Waals surface area contributed by atoms with Crippen LogP contribution >= 0.6 is 0 Å². The molecule has 0 bridgehead atoms. The van der Waals surface area contributed by atoms with E-state index in [1.54, 1.807) is 0 Å². The minimum Gasteiger partial charge on any atom is -0.342 e. The number of hydrogen-bond acceptors (Lipinski definition) is 3. The quantitative estimate of drug-likeness (QED) is 0.909. The lowest BCUT2D eigenvalue weighted by Crippen LogP contribution is -2.73. The zero-order valence-electron chi connectivity index (χ0n) is 14.6. The first-order valence-electron chi connectivity index (χ1n) is 8.92. The molecule has 2 fully saturated rings. The van der Waals surface area contributed by atoms with Gasteiger partial charge in [-0.15, -0.1) is 0 Å². The molecule has 0 saturated carbocycles. The maximum absolute atomic E-state index is 13.1. The molecule has 5 heteroatoms. The molecule has 2 amide bonds. The average molecular weight is 329 g/mol. The molecule has 0 aliphatic carbocycles. The third-order valence-electron chi connectivity index (χ3n) is 5.35. The third kappa shape index (κ3) is 3.05. The Morgan fingerprint density at radius 3 is 2.46 bits per heavy atom. The molecule has 1 aromatic carbocycles. The van der Waals surface area contributed by atoms with Gasteiger partial charge in [0.2, 0.25) is 11.8 Å². The second-order valence-corrected chi connectivity index (χ2v) is 7.04. The van der Waals surface area contributed by atoms with Crippen LogP contribution in [-0.4, -0.2) is 59.9 Å². The highest BCUT2D eigenvalue weighted by Gasteiger charge is 2.52. The number of carbonyl (C=O) groups excluding carboxylic acids is 2. The normalized spacial score (nSPS) is 24.2. The van der Waals surface area contributed by atoms with Crippen molar-refractivity contribution in [2.45, 2.75) is 44.2 Å². The van der Waals surface area contributed by atoms with Crippen molar-refractivity contribution in [3.63, 3.8) is 0 Å². The van der Waals surface area contributed by atoms with E-state index in [4.69, 9.17) is 0 Å². The summed E-state index contributed by atoms with van der Waals surface area (Å²) in [6, 6.07) is 9.45. The van der Waals surface area contributed by atoms with E-state index in [-0.39, 0.29) is 11.8 Å². The molecule has 1 unspecified atom stereocenters. The molecule has 24 heavy (non-hydrogen) atoms. The molecule has 5 nitrogen and oxygen atoms in total. The molecular formula is C19H27N3O2. The molecular weight excluding hydrogens is 302 g/mol. The molecule has 130 valence electrons. The van der Waals surface area contributed by atoms with Crippen molar-refractivity contribution < 1.29 is 9.59 Å². The topological polar surface area (TPSA) is 52.7 Å². The van der Waals surface area contributed by atoms with Gasteiger partial charge in [-0.05, 0) is 31.9 Å². The SMILES string of the molecule is CCCN1C(=O)C(Cc2ccccc2)NC(=O)C12CCN(C)CC2. The predicted octanol–water partition coefficient (Wildman–Crippen LogP) is 1.43. The number of piperidine rings is 1. The Morgan fingerprint density at radius 1 is 1.17 bits per heavy atom. The van der Waals surface area contributed by atoms with E-state index >= 15 is 0 Å². The molecule has 2 heterocycles. The van der Waals surface area contributed by atoms with Crippen molar-refractivity contribution in [1.82, 2.24) is 15.1 Å². The van der Waals surface area contributed by atoms with Gasteiger partial charge in [-0.3, -0.25) is 9.59 Å². The molecule has 1 aromatic rings. The Hall–Kier alpha value is -1.88. The summed E-state index contributed by atoms with van der Waals surface area (Å²) < 4.78 is 0. The number of piperazine rings is 1. The Labute approximate surface area is 144 Å². The zero-order chi connectivity index (χ0) is 17.2. The lowest BCUT2D eigenvalue weighted by atomic mass is 9.81. The summed E-state index contributed by atoms with van der Waals surface area (Å²) in [5.74, 6) is 0.106. The zero-order valence-corrected chi connectivity index (χ0v) is 14.6. The van der Waals surface area contributed by atoms with Crippen LogP contribution in [-0.2, 0) is 16.0 Å². The molecule has 2 aliphatic heterocycles. The number of benzene rings is 1. The molecule has 2 saturated heterocycles. The monoisotopic (exact) mass is 329 g/mol. The first-order valence-corrected chi connectivity index (χ1v) is 8.92. The van der Waals surface area contributed by atoms with Crippen molar-refractivity contribution in [2.24, 2.45) is 0 Å². The van der Waals surface area contributed by atoms with Gasteiger partial charge in [-0.2, -0.15) is 0 Å². The van der Waals surface area contributed by atoms with Gasteiger partial charge in [0.25, 0.3) is 0 Å². The smallest absolute Gasteiger partial charge is 0.246 e. The van der Waals surface area contributed by atoms with Gasteiger partial charge in [-0.25, -0.2) is 0 Å². The molecule has 1 N–H and O–H groups in total. The Morgan fingerprint density at radius 2 is 1.83 bits per heavy atom. The van der Waals surface area contributed by atoms with Crippen molar-refractivity contribution in [1.29, 1.82) is 0 Å². The summed E-state index contributed by atoms with van der Waals surface area (Å²) in [5, 5.41) is 3.03. The van der Waals surface area contributed by atoms with Crippen LogP contribution in [0.1, 0.15) is 31.7 Å². The highest BCUT2D eigenvalue weighted by Crippen LogP contribution is 2.33. The minimum absolute atomic E-state index is 0.0320. The molecule has 1 spiro atoms. The van der Waals surface area contributed by atoms with E-state index in [1.807, 2.05) is 35.2 Å². The second-order valence-electron chi connectivity index (χ2n) is 7.04. The highest BCUT2D eigenvalue weighted by atomic mass is 16.2. The number of likely N-dealkylation sites (tertiary alicyclic amines) is 1. The first-order chi connectivity index (χ1) is 11.6. The van der Waals surface area contributed by atoms with Gasteiger partial charge in [0.1, 0.15) is 11.6 Å². The Balaban J connectivity index is 1.83. The van der Waals surface area contributed by atoms with E-state index in [0.717, 1.165) is 37.9 Å². The van der Waals surface area contributed by atoms with Gasteiger partial charge in [0.15, 0.2) is 0 Å². The minimum atomic E-state index is -0.646. The van der Waals surface area contributed by atoms with E-state index in [0.29, 0.717) is 13.0 Å². The van der Waals surface area contributed by atoms with Gasteiger partial charge < -0.3 is 15.1 Å².